The zero-order chi connectivity index (χ0) is 16.6. The first-order valence-electron chi connectivity index (χ1n) is 7.84. The summed E-state index contributed by atoms with van der Waals surface area (Å²) in [6.45, 7) is 6.50. The lowest BCUT2D eigenvalue weighted by molar-refractivity contribution is 0.475. The van der Waals surface area contributed by atoms with Crippen LogP contribution in [0.15, 0.2) is 42.5 Å². The summed E-state index contributed by atoms with van der Waals surface area (Å²) in [5.41, 5.74) is 1.43. The van der Waals surface area contributed by atoms with Crippen LogP contribution >= 0.6 is 0 Å². The largest absolute Gasteiger partial charge is 0.286 e. The molecule has 0 amide bonds. The maximum absolute atomic E-state index is 10.8. The Hall–Kier alpha value is -1.13. The van der Waals surface area contributed by atoms with Gasteiger partial charge in [-0.1, -0.05) is 69.7 Å². The van der Waals surface area contributed by atoms with Crippen molar-refractivity contribution in [3.05, 3.63) is 48.0 Å². The van der Waals surface area contributed by atoms with Crippen LogP contribution in [0.4, 0.5) is 0 Å². The third-order valence-electron chi connectivity index (χ3n) is 3.44. The summed E-state index contributed by atoms with van der Waals surface area (Å²) in [5.74, 6) is 0.247. The van der Waals surface area contributed by atoms with Gasteiger partial charge in [-0.05, 0) is 36.2 Å². The van der Waals surface area contributed by atoms with E-state index in [0.717, 1.165) is 19.3 Å². The van der Waals surface area contributed by atoms with Gasteiger partial charge in [0.2, 0.25) is 0 Å². The Kier molecular flexibility index (Phi) is 7.30. The van der Waals surface area contributed by atoms with Gasteiger partial charge in [-0.2, -0.15) is 8.42 Å². The Labute approximate surface area is 135 Å². The highest BCUT2D eigenvalue weighted by Gasteiger charge is 2.11. The normalized spacial score (nSPS) is 14.4. The quantitative estimate of drug-likeness (QED) is 0.435. The molecule has 0 aliphatic rings. The van der Waals surface area contributed by atoms with E-state index in [0.29, 0.717) is 12.3 Å². The number of rotatable bonds is 8. The van der Waals surface area contributed by atoms with Gasteiger partial charge in [0.1, 0.15) is 0 Å². The highest BCUT2D eigenvalue weighted by Crippen LogP contribution is 2.21. The molecule has 1 N–H and O–H groups in total. The van der Waals surface area contributed by atoms with Gasteiger partial charge in [-0.25, -0.2) is 0 Å². The van der Waals surface area contributed by atoms with Crippen LogP contribution < -0.4 is 0 Å². The van der Waals surface area contributed by atoms with E-state index in [-0.39, 0.29) is 11.2 Å². The SMILES string of the molecule is CC(C)(C)/C=C/[C@@H](CCCCS(=O)(=O)O)Cc1ccccc1. The molecule has 0 heterocycles. The molecule has 0 bridgehead atoms. The van der Waals surface area contributed by atoms with E-state index in [2.05, 4.69) is 45.1 Å². The maximum Gasteiger partial charge on any atom is 0.264 e. The fourth-order valence-electron chi connectivity index (χ4n) is 2.30. The fraction of sp³-hybridized carbons (Fsp3) is 0.556. The van der Waals surface area contributed by atoms with Crippen LogP contribution in [-0.4, -0.2) is 18.7 Å². The first kappa shape index (κ1) is 18.9. The highest BCUT2D eigenvalue weighted by atomic mass is 32.2. The summed E-state index contributed by atoms with van der Waals surface area (Å²) in [6.07, 6.45) is 7.67. The number of unbranched alkanes of at least 4 members (excludes halogenated alkanes) is 1. The Morgan fingerprint density at radius 3 is 2.32 bits per heavy atom. The van der Waals surface area contributed by atoms with Gasteiger partial charge in [0.25, 0.3) is 10.1 Å². The summed E-state index contributed by atoms with van der Waals surface area (Å²) >= 11 is 0. The van der Waals surface area contributed by atoms with Crippen molar-refractivity contribution in [2.24, 2.45) is 11.3 Å². The third kappa shape index (κ3) is 9.74. The molecule has 0 aliphatic heterocycles. The lowest BCUT2D eigenvalue weighted by atomic mass is 9.89. The number of hydrogen-bond acceptors (Lipinski definition) is 2. The molecule has 1 aromatic carbocycles. The van der Waals surface area contributed by atoms with E-state index in [1.807, 2.05) is 18.2 Å². The Bertz CT molecular complexity index is 554. The molecule has 0 fully saturated rings. The van der Waals surface area contributed by atoms with Gasteiger partial charge in [0, 0.05) is 0 Å². The monoisotopic (exact) mass is 324 g/mol. The molecule has 0 spiro atoms. The van der Waals surface area contributed by atoms with E-state index in [1.54, 1.807) is 0 Å². The third-order valence-corrected chi connectivity index (χ3v) is 4.24. The van der Waals surface area contributed by atoms with Gasteiger partial charge >= 0.3 is 0 Å². The Morgan fingerprint density at radius 2 is 1.77 bits per heavy atom. The number of benzene rings is 1. The molecule has 0 aromatic heterocycles. The van der Waals surface area contributed by atoms with E-state index >= 15 is 0 Å². The Morgan fingerprint density at radius 1 is 1.14 bits per heavy atom. The van der Waals surface area contributed by atoms with Crippen molar-refractivity contribution >= 4 is 10.1 Å². The maximum atomic E-state index is 10.8. The second-order valence-electron chi connectivity index (χ2n) is 6.96. The van der Waals surface area contributed by atoms with E-state index < -0.39 is 10.1 Å². The molecule has 0 unspecified atom stereocenters. The molecular formula is C18H28O3S. The predicted molar refractivity (Wildman–Crippen MR) is 92.5 cm³/mol. The average molecular weight is 324 g/mol. The minimum Gasteiger partial charge on any atom is -0.286 e. The molecule has 3 nitrogen and oxygen atoms in total. The summed E-state index contributed by atoms with van der Waals surface area (Å²) < 4.78 is 30.3. The average Bonchev–Trinajstić information content (AvgIpc) is 2.40. The van der Waals surface area contributed by atoms with Crippen molar-refractivity contribution in [1.82, 2.24) is 0 Å². The smallest absolute Gasteiger partial charge is 0.264 e. The number of allylic oxidation sites excluding steroid dienone is 2. The lowest BCUT2D eigenvalue weighted by Crippen LogP contribution is -2.07. The molecular weight excluding hydrogens is 296 g/mol. The van der Waals surface area contributed by atoms with Crippen molar-refractivity contribution in [2.45, 2.75) is 46.5 Å². The van der Waals surface area contributed by atoms with Gasteiger partial charge in [-0.15, -0.1) is 0 Å². The number of hydrogen-bond donors (Lipinski definition) is 1. The van der Waals surface area contributed by atoms with Crippen LogP contribution in [0, 0.1) is 11.3 Å². The Balaban J connectivity index is 2.60. The summed E-state index contributed by atoms with van der Waals surface area (Å²) in [6, 6.07) is 10.3. The van der Waals surface area contributed by atoms with Crippen LogP contribution in [0.1, 0.15) is 45.6 Å². The molecule has 1 rings (SSSR count). The zero-order valence-corrected chi connectivity index (χ0v) is 14.6. The van der Waals surface area contributed by atoms with Crippen LogP contribution in [0.2, 0.25) is 0 Å². The van der Waals surface area contributed by atoms with Gasteiger partial charge in [0.15, 0.2) is 0 Å². The second-order valence-corrected chi connectivity index (χ2v) is 8.53. The van der Waals surface area contributed by atoms with Crippen LogP contribution in [0.25, 0.3) is 0 Å². The van der Waals surface area contributed by atoms with Crippen molar-refractivity contribution < 1.29 is 13.0 Å². The van der Waals surface area contributed by atoms with Gasteiger partial charge in [0.05, 0.1) is 5.75 Å². The molecule has 0 saturated carbocycles. The first-order valence-corrected chi connectivity index (χ1v) is 9.45. The fourth-order valence-corrected chi connectivity index (χ4v) is 2.87. The molecule has 124 valence electrons. The van der Waals surface area contributed by atoms with Crippen LogP contribution in [0.5, 0.6) is 0 Å². The minimum absolute atomic E-state index is 0.142. The van der Waals surface area contributed by atoms with Crippen molar-refractivity contribution in [3.63, 3.8) is 0 Å². The predicted octanol–water partition coefficient (Wildman–Crippen LogP) is 4.51. The van der Waals surface area contributed by atoms with E-state index in [4.69, 9.17) is 4.55 Å². The second kappa shape index (κ2) is 8.49. The zero-order valence-electron chi connectivity index (χ0n) is 13.8. The summed E-state index contributed by atoms with van der Waals surface area (Å²) in [5, 5.41) is 0. The standard InChI is InChI=1S/C18H28O3S/c1-18(2,3)13-12-17(11-7-8-14-22(19,20)21)15-16-9-5-4-6-10-16/h4-6,9-10,12-13,17H,7-8,11,14-15H2,1-3H3,(H,19,20,21)/b13-12+/t17-/m1/s1. The summed E-state index contributed by atoms with van der Waals surface area (Å²) in [7, 11) is -3.83. The molecule has 4 heteroatoms. The molecule has 1 atom stereocenters. The molecule has 0 radical (unpaired) electrons. The molecule has 22 heavy (non-hydrogen) atoms. The lowest BCUT2D eigenvalue weighted by Gasteiger charge is -2.17. The van der Waals surface area contributed by atoms with E-state index in [1.165, 1.54) is 5.56 Å². The van der Waals surface area contributed by atoms with Gasteiger partial charge < -0.3 is 0 Å². The van der Waals surface area contributed by atoms with Gasteiger partial charge in [-0.3, -0.25) is 4.55 Å². The topological polar surface area (TPSA) is 54.4 Å². The molecule has 0 aliphatic carbocycles. The highest BCUT2D eigenvalue weighted by molar-refractivity contribution is 7.85. The first-order chi connectivity index (χ1) is 10.2. The van der Waals surface area contributed by atoms with Crippen LogP contribution in [-0.2, 0) is 16.5 Å². The van der Waals surface area contributed by atoms with Crippen molar-refractivity contribution in [1.29, 1.82) is 0 Å². The molecule has 1 aromatic rings. The minimum atomic E-state index is -3.83. The van der Waals surface area contributed by atoms with Crippen molar-refractivity contribution in [2.75, 3.05) is 5.75 Å². The summed E-state index contributed by atoms with van der Waals surface area (Å²) in [4.78, 5) is 0. The van der Waals surface area contributed by atoms with Crippen LogP contribution in [0.3, 0.4) is 0 Å². The van der Waals surface area contributed by atoms with Crippen molar-refractivity contribution in [3.8, 4) is 0 Å². The van der Waals surface area contributed by atoms with E-state index in [9.17, 15) is 8.42 Å². The molecule has 0 saturated heterocycles.